The van der Waals surface area contributed by atoms with Gasteiger partial charge in [-0.2, -0.15) is 0 Å². The Morgan fingerprint density at radius 1 is 1.78 bits per heavy atom. The van der Waals surface area contributed by atoms with E-state index >= 15 is 0 Å². The molecule has 0 aliphatic heterocycles. The molecule has 0 atom stereocenters. The lowest BCUT2D eigenvalue weighted by molar-refractivity contribution is -0.136. The van der Waals surface area contributed by atoms with E-state index in [0.717, 1.165) is 0 Å². The summed E-state index contributed by atoms with van der Waals surface area (Å²) in [5, 5.41) is 10.7. The zero-order valence-corrected chi connectivity index (χ0v) is 5.57. The zero-order chi connectivity index (χ0) is 7.28. The van der Waals surface area contributed by atoms with Crippen LogP contribution in [0.5, 0.6) is 0 Å². The first-order valence-corrected chi connectivity index (χ1v) is 2.79. The first-order chi connectivity index (χ1) is 4.13. The summed E-state index contributed by atoms with van der Waals surface area (Å²) in [6.07, 6.45) is 0.0390. The second-order valence-corrected chi connectivity index (χ2v) is 1.87. The van der Waals surface area contributed by atoms with Crippen LogP contribution in [0.2, 0.25) is 0 Å². The number of carboxylic acid groups (broad SMARTS) is 1. The molecule has 0 saturated carbocycles. The molecule has 0 saturated heterocycles. The number of carboxylic acids is 1. The molecule has 0 aromatic carbocycles. The van der Waals surface area contributed by atoms with Crippen LogP contribution in [0.4, 0.5) is 0 Å². The SMILES string of the molecule is NC(=S)NCCC(=O)O. The number of carbonyl (C=O) groups is 1. The summed E-state index contributed by atoms with van der Waals surface area (Å²) in [5.74, 6) is -0.862. The highest BCUT2D eigenvalue weighted by Gasteiger charge is 1.94. The van der Waals surface area contributed by atoms with Gasteiger partial charge in [-0.25, -0.2) is 0 Å². The maximum absolute atomic E-state index is 9.86. The minimum absolute atomic E-state index is 0.0390. The van der Waals surface area contributed by atoms with Crippen molar-refractivity contribution in [1.29, 1.82) is 0 Å². The van der Waals surface area contributed by atoms with E-state index in [0.29, 0.717) is 6.54 Å². The second kappa shape index (κ2) is 4.08. The molecule has 0 aromatic heterocycles. The van der Waals surface area contributed by atoms with Crippen LogP contribution in [0.15, 0.2) is 0 Å². The Labute approximate surface area is 58.0 Å². The molecule has 0 aliphatic carbocycles. The average Bonchev–Trinajstić information content (AvgIpc) is 1.63. The summed E-state index contributed by atoms with van der Waals surface area (Å²) in [5.41, 5.74) is 5.01. The highest BCUT2D eigenvalue weighted by Crippen LogP contribution is 1.73. The van der Waals surface area contributed by atoms with Gasteiger partial charge in [-0.05, 0) is 12.2 Å². The van der Waals surface area contributed by atoms with Crippen molar-refractivity contribution < 1.29 is 9.90 Å². The van der Waals surface area contributed by atoms with Gasteiger partial charge >= 0.3 is 5.97 Å². The van der Waals surface area contributed by atoms with Gasteiger partial charge in [0.1, 0.15) is 0 Å². The summed E-state index contributed by atoms with van der Waals surface area (Å²) < 4.78 is 0. The van der Waals surface area contributed by atoms with Gasteiger partial charge in [0.25, 0.3) is 0 Å². The first-order valence-electron chi connectivity index (χ1n) is 2.38. The summed E-state index contributed by atoms with van der Waals surface area (Å²) >= 11 is 4.42. The van der Waals surface area contributed by atoms with Crippen molar-refractivity contribution in [1.82, 2.24) is 5.32 Å². The van der Waals surface area contributed by atoms with Crippen molar-refractivity contribution >= 4 is 23.3 Å². The molecule has 0 fully saturated rings. The predicted molar refractivity (Wildman–Crippen MR) is 37.0 cm³/mol. The maximum Gasteiger partial charge on any atom is 0.305 e. The smallest absolute Gasteiger partial charge is 0.305 e. The summed E-state index contributed by atoms with van der Waals surface area (Å²) in [6, 6.07) is 0. The zero-order valence-electron chi connectivity index (χ0n) is 4.76. The predicted octanol–water partition coefficient (Wildman–Crippen LogP) is -0.706. The number of aliphatic carboxylic acids is 1. The number of hydrogen-bond donors (Lipinski definition) is 3. The van der Waals surface area contributed by atoms with E-state index in [4.69, 9.17) is 10.8 Å². The topological polar surface area (TPSA) is 75.3 Å². The fourth-order valence-electron chi connectivity index (χ4n) is 0.293. The molecular weight excluding hydrogens is 140 g/mol. The monoisotopic (exact) mass is 148 g/mol. The van der Waals surface area contributed by atoms with Crippen molar-refractivity contribution in [2.24, 2.45) is 5.73 Å². The minimum atomic E-state index is -0.862. The number of thiocarbonyl (C=S) groups is 1. The van der Waals surface area contributed by atoms with E-state index in [-0.39, 0.29) is 11.5 Å². The Morgan fingerprint density at radius 3 is 2.67 bits per heavy atom. The van der Waals surface area contributed by atoms with Gasteiger partial charge in [-0.1, -0.05) is 0 Å². The van der Waals surface area contributed by atoms with Crippen LogP contribution in [0.25, 0.3) is 0 Å². The van der Waals surface area contributed by atoms with E-state index in [1.807, 2.05) is 0 Å². The molecule has 4 nitrogen and oxygen atoms in total. The van der Waals surface area contributed by atoms with Gasteiger partial charge in [0.05, 0.1) is 6.42 Å². The molecule has 0 rings (SSSR count). The molecule has 4 N–H and O–H groups in total. The number of rotatable bonds is 3. The van der Waals surface area contributed by atoms with Crippen LogP contribution in [0.1, 0.15) is 6.42 Å². The Morgan fingerprint density at radius 2 is 2.33 bits per heavy atom. The molecule has 0 heterocycles. The van der Waals surface area contributed by atoms with Gasteiger partial charge in [-0.3, -0.25) is 4.79 Å². The second-order valence-electron chi connectivity index (χ2n) is 1.43. The Bertz CT molecular complexity index is 112. The third-order valence-corrected chi connectivity index (χ3v) is 0.782. The number of nitrogens with one attached hydrogen (secondary N) is 1. The molecule has 9 heavy (non-hydrogen) atoms. The van der Waals surface area contributed by atoms with Crippen molar-refractivity contribution in [3.05, 3.63) is 0 Å². The van der Waals surface area contributed by atoms with Crippen LogP contribution < -0.4 is 11.1 Å². The third-order valence-electron chi connectivity index (χ3n) is 0.638. The summed E-state index contributed by atoms with van der Waals surface area (Å²) in [7, 11) is 0. The normalized spacial score (nSPS) is 8.44. The van der Waals surface area contributed by atoms with Gasteiger partial charge in [-0.15, -0.1) is 0 Å². The molecule has 0 amide bonds. The van der Waals surface area contributed by atoms with Crippen LogP contribution >= 0.6 is 12.2 Å². The lowest BCUT2D eigenvalue weighted by Gasteiger charge is -1.97. The van der Waals surface area contributed by atoms with Crippen LogP contribution in [-0.2, 0) is 4.79 Å². The van der Waals surface area contributed by atoms with E-state index in [9.17, 15) is 4.79 Å². The van der Waals surface area contributed by atoms with Gasteiger partial charge in [0.2, 0.25) is 0 Å². The highest BCUT2D eigenvalue weighted by molar-refractivity contribution is 7.80. The molecule has 0 bridgehead atoms. The van der Waals surface area contributed by atoms with Crippen LogP contribution in [-0.4, -0.2) is 22.7 Å². The van der Waals surface area contributed by atoms with Crippen molar-refractivity contribution in [2.45, 2.75) is 6.42 Å². The molecule has 0 spiro atoms. The Hall–Kier alpha value is -0.840. The standard InChI is InChI=1S/C4H8N2O2S/c5-4(9)6-2-1-3(7)8/h1-2H2,(H,7,8)(H3,5,6,9). The lowest BCUT2D eigenvalue weighted by Crippen LogP contribution is -2.30. The number of hydrogen-bond acceptors (Lipinski definition) is 2. The van der Waals surface area contributed by atoms with Crippen molar-refractivity contribution in [3.8, 4) is 0 Å². The molecule has 5 heteroatoms. The van der Waals surface area contributed by atoms with Crippen molar-refractivity contribution in [2.75, 3.05) is 6.54 Å². The highest BCUT2D eigenvalue weighted by atomic mass is 32.1. The van der Waals surface area contributed by atoms with Gasteiger partial charge < -0.3 is 16.2 Å². The van der Waals surface area contributed by atoms with E-state index in [2.05, 4.69) is 17.5 Å². The molecule has 52 valence electrons. The first kappa shape index (κ1) is 8.16. The van der Waals surface area contributed by atoms with Gasteiger partial charge in [0, 0.05) is 6.54 Å². The quantitative estimate of drug-likeness (QED) is 0.461. The Kier molecular flexibility index (Phi) is 3.70. The molecule has 0 aromatic rings. The van der Waals surface area contributed by atoms with Crippen LogP contribution in [0, 0.1) is 0 Å². The third kappa shape index (κ3) is 7.16. The summed E-state index contributed by atoms with van der Waals surface area (Å²) in [4.78, 5) is 9.86. The largest absolute Gasteiger partial charge is 0.481 e. The number of nitrogens with two attached hydrogens (primary N) is 1. The van der Waals surface area contributed by atoms with Gasteiger partial charge in [0.15, 0.2) is 5.11 Å². The minimum Gasteiger partial charge on any atom is -0.481 e. The Balaban J connectivity index is 3.10. The fraction of sp³-hybridized carbons (Fsp3) is 0.500. The van der Waals surface area contributed by atoms with Crippen LogP contribution in [0.3, 0.4) is 0 Å². The molecule has 0 radical (unpaired) electrons. The average molecular weight is 148 g/mol. The molecular formula is C4H8N2O2S. The molecule has 0 unspecified atom stereocenters. The summed E-state index contributed by atoms with van der Waals surface area (Å²) in [6.45, 7) is 0.296. The molecule has 0 aliphatic rings. The lowest BCUT2D eigenvalue weighted by atomic mass is 10.4. The van der Waals surface area contributed by atoms with Crippen molar-refractivity contribution in [3.63, 3.8) is 0 Å². The van der Waals surface area contributed by atoms with E-state index < -0.39 is 5.97 Å². The maximum atomic E-state index is 9.86. The van der Waals surface area contributed by atoms with E-state index in [1.54, 1.807) is 0 Å². The fourth-order valence-corrected chi connectivity index (χ4v) is 0.395. The van der Waals surface area contributed by atoms with E-state index in [1.165, 1.54) is 0 Å².